The molecule has 2 aliphatic rings. The van der Waals surface area contributed by atoms with Gasteiger partial charge in [-0.3, -0.25) is 23.9 Å². The highest BCUT2D eigenvalue weighted by atomic mass is 19.1. The molecule has 0 bridgehead atoms. The smallest absolute Gasteiger partial charge is 0.335 e. The Balaban J connectivity index is 1.18. The number of carbonyl (C=O) groups excluding carboxylic acids is 2. The van der Waals surface area contributed by atoms with Gasteiger partial charge in [-0.05, 0) is 56.7 Å². The first kappa shape index (κ1) is 32.7. The second-order valence-electron chi connectivity index (χ2n) is 11.7. The maximum absolute atomic E-state index is 15.3. The number of carbonyl (C=O) groups is 2. The highest BCUT2D eigenvalue weighted by molar-refractivity contribution is 6.03. The molecule has 0 aliphatic carbocycles. The van der Waals surface area contributed by atoms with Crippen molar-refractivity contribution in [3.05, 3.63) is 104 Å². The van der Waals surface area contributed by atoms with Crippen molar-refractivity contribution >= 4 is 17.5 Å². The Bertz CT molecular complexity index is 1970. The van der Waals surface area contributed by atoms with Crippen molar-refractivity contribution in [3.8, 4) is 17.3 Å². The van der Waals surface area contributed by atoms with Crippen LogP contribution in [0.2, 0.25) is 0 Å². The van der Waals surface area contributed by atoms with Crippen LogP contribution in [-0.4, -0.2) is 80.1 Å². The van der Waals surface area contributed by atoms with Crippen LogP contribution in [0.3, 0.4) is 0 Å². The molecule has 6 rings (SSSR count). The van der Waals surface area contributed by atoms with E-state index in [0.29, 0.717) is 57.1 Å². The molecule has 1 saturated heterocycles. The van der Waals surface area contributed by atoms with Gasteiger partial charge in [0.15, 0.2) is 11.6 Å². The Morgan fingerprint density at radius 3 is 2.48 bits per heavy atom. The van der Waals surface area contributed by atoms with Crippen molar-refractivity contribution in [1.82, 2.24) is 28.9 Å². The molecule has 2 aliphatic heterocycles. The van der Waals surface area contributed by atoms with Gasteiger partial charge in [-0.1, -0.05) is 0 Å². The van der Waals surface area contributed by atoms with Gasteiger partial charge in [-0.15, -0.1) is 0 Å². The summed E-state index contributed by atoms with van der Waals surface area (Å²) in [5.74, 6) is -2.26. The minimum Gasteiger partial charge on any atom is -0.436 e. The summed E-state index contributed by atoms with van der Waals surface area (Å²) in [6.07, 6.45) is 2.87. The zero-order valence-electron chi connectivity index (χ0n) is 26.3. The fourth-order valence-electron chi connectivity index (χ4n) is 5.56. The van der Waals surface area contributed by atoms with Gasteiger partial charge in [-0.25, -0.2) is 28.1 Å². The molecule has 2 aromatic heterocycles. The van der Waals surface area contributed by atoms with Crippen LogP contribution >= 0.6 is 0 Å². The highest BCUT2D eigenvalue weighted by Gasteiger charge is 2.27. The molecule has 0 saturated carbocycles. The summed E-state index contributed by atoms with van der Waals surface area (Å²) in [4.78, 5) is 64.9. The van der Waals surface area contributed by atoms with Crippen molar-refractivity contribution in [2.24, 2.45) is 0 Å². The number of nitrogens with zero attached hydrogens (tertiary/aromatic N) is 6. The molecule has 0 radical (unpaired) electrons. The minimum atomic E-state index is -0.920. The molecule has 1 N–H and O–H groups in total. The molecule has 250 valence electrons. The number of aromatic nitrogens is 4. The van der Waals surface area contributed by atoms with Crippen LogP contribution in [0.25, 0.3) is 5.69 Å². The van der Waals surface area contributed by atoms with Gasteiger partial charge in [0, 0.05) is 49.2 Å². The number of hydrogen-bond donors (Lipinski definition) is 1. The molecule has 0 unspecified atom stereocenters. The third-order valence-corrected chi connectivity index (χ3v) is 8.18. The van der Waals surface area contributed by atoms with Crippen LogP contribution in [-0.2, 0) is 22.5 Å². The van der Waals surface area contributed by atoms with Gasteiger partial charge in [0.2, 0.25) is 11.8 Å². The summed E-state index contributed by atoms with van der Waals surface area (Å²) in [5, 5.41) is 2.50. The number of benzene rings is 2. The van der Waals surface area contributed by atoms with Crippen LogP contribution < -0.4 is 21.3 Å². The molecule has 48 heavy (non-hydrogen) atoms. The van der Waals surface area contributed by atoms with E-state index in [2.05, 4.69) is 20.2 Å². The molecule has 15 heteroatoms. The maximum Gasteiger partial charge on any atom is 0.335 e. The average molecular weight is 662 g/mol. The lowest BCUT2D eigenvalue weighted by Crippen LogP contribution is -2.46. The van der Waals surface area contributed by atoms with Crippen LogP contribution in [0.15, 0.2) is 64.6 Å². The summed E-state index contributed by atoms with van der Waals surface area (Å²) in [6, 6.07) is 8.03. The van der Waals surface area contributed by atoms with E-state index < -0.39 is 34.8 Å². The fourth-order valence-corrected chi connectivity index (χ4v) is 5.56. The van der Waals surface area contributed by atoms with E-state index in [1.807, 2.05) is 0 Å². The normalized spacial score (nSPS) is 14.9. The zero-order chi connectivity index (χ0) is 33.9. The molecular formula is C33H33F2N7O6. The first-order chi connectivity index (χ1) is 23.1. The number of amides is 2. The molecular weight excluding hydrogens is 628 g/mol. The molecule has 0 spiro atoms. The molecule has 4 heterocycles. The first-order valence-corrected chi connectivity index (χ1v) is 15.4. The van der Waals surface area contributed by atoms with Crippen molar-refractivity contribution < 1.29 is 27.8 Å². The van der Waals surface area contributed by atoms with Crippen molar-refractivity contribution in [2.45, 2.75) is 32.9 Å². The molecule has 13 nitrogen and oxygen atoms in total. The van der Waals surface area contributed by atoms with E-state index in [-0.39, 0.29) is 41.0 Å². The van der Waals surface area contributed by atoms with E-state index >= 15 is 4.39 Å². The number of nitrogens with one attached hydrogen (secondary N) is 1. The van der Waals surface area contributed by atoms with Crippen LogP contribution in [0.4, 0.5) is 14.5 Å². The van der Waals surface area contributed by atoms with Gasteiger partial charge in [-0.2, -0.15) is 0 Å². The SMILES string of the molecule is CC(C)n1cc(C(=O)Nc2ccc(Oc3ncnc4c3CCN(C(=O)CN3CCOCC3)C4)c(F)c2)c(=O)n(-c2ccc(F)cc2)c1=O. The fraction of sp³-hybridized carbons (Fsp3) is 0.333. The second kappa shape index (κ2) is 13.8. The molecule has 1 fully saturated rings. The van der Waals surface area contributed by atoms with E-state index in [4.69, 9.17) is 9.47 Å². The Morgan fingerprint density at radius 1 is 1.02 bits per heavy atom. The predicted octanol–water partition coefficient (Wildman–Crippen LogP) is 2.91. The Labute approximate surface area is 273 Å². The Hall–Kier alpha value is -5.28. The summed E-state index contributed by atoms with van der Waals surface area (Å²) >= 11 is 0. The maximum atomic E-state index is 15.3. The van der Waals surface area contributed by atoms with Gasteiger partial charge in [0.1, 0.15) is 17.7 Å². The minimum absolute atomic E-state index is 0.00956. The average Bonchev–Trinajstić information content (AvgIpc) is 3.07. The van der Waals surface area contributed by atoms with Crippen molar-refractivity contribution in [1.29, 1.82) is 0 Å². The molecule has 0 atom stereocenters. The number of morpholine rings is 1. The number of halogens is 2. The van der Waals surface area contributed by atoms with Crippen LogP contribution in [0, 0.1) is 11.6 Å². The number of rotatable bonds is 8. The predicted molar refractivity (Wildman–Crippen MR) is 169 cm³/mol. The standard InChI is InChI=1S/C33H33F2N7O6/c1-20(2)41-16-25(32(45)42(33(41)46)23-6-3-21(34)4-7-23)30(44)38-22-5-8-28(26(35)15-22)48-31-24-9-10-40(17-27(24)36-19-37-31)29(43)18-39-11-13-47-14-12-39/h3-8,15-16,19-20H,9-14,17-18H2,1-2H3,(H,38,44). The summed E-state index contributed by atoms with van der Waals surface area (Å²) in [5.41, 5.74) is -0.608. The van der Waals surface area contributed by atoms with Crippen molar-refractivity contribution in [2.75, 3.05) is 44.7 Å². The monoisotopic (exact) mass is 661 g/mol. The van der Waals surface area contributed by atoms with Crippen LogP contribution in [0.5, 0.6) is 11.6 Å². The number of hydrogen-bond acceptors (Lipinski definition) is 9. The lowest BCUT2D eigenvalue weighted by Gasteiger charge is -2.32. The first-order valence-electron chi connectivity index (χ1n) is 15.4. The topological polar surface area (TPSA) is 141 Å². The second-order valence-corrected chi connectivity index (χ2v) is 11.7. The zero-order valence-corrected chi connectivity index (χ0v) is 26.3. The molecule has 2 amide bonds. The lowest BCUT2D eigenvalue weighted by molar-refractivity contribution is -0.134. The number of fused-ring (bicyclic) bond motifs is 1. The van der Waals surface area contributed by atoms with E-state index in [0.717, 1.165) is 29.0 Å². The third kappa shape index (κ3) is 6.87. The Morgan fingerprint density at radius 2 is 1.77 bits per heavy atom. The summed E-state index contributed by atoms with van der Waals surface area (Å²) < 4.78 is 42.0. The molecule has 4 aromatic rings. The van der Waals surface area contributed by atoms with E-state index in [9.17, 15) is 23.6 Å². The molecule has 2 aromatic carbocycles. The number of anilines is 1. The van der Waals surface area contributed by atoms with E-state index in [1.54, 1.807) is 18.7 Å². The van der Waals surface area contributed by atoms with Crippen molar-refractivity contribution in [3.63, 3.8) is 0 Å². The quantitative estimate of drug-likeness (QED) is 0.302. The summed E-state index contributed by atoms with van der Waals surface area (Å²) in [6.45, 7) is 7.01. The highest BCUT2D eigenvalue weighted by Crippen LogP contribution is 2.31. The lowest BCUT2D eigenvalue weighted by atomic mass is 10.1. The summed E-state index contributed by atoms with van der Waals surface area (Å²) in [7, 11) is 0. The van der Waals surface area contributed by atoms with Gasteiger partial charge in [0.25, 0.3) is 11.5 Å². The van der Waals surface area contributed by atoms with E-state index in [1.165, 1.54) is 35.2 Å². The van der Waals surface area contributed by atoms with Gasteiger partial charge in [0.05, 0.1) is 37.7 Å². The van der Waals surface area contributed by atoms with Gasteiger partial charge < -0.3 is 19.7 Å². The third-order valence-electron chi connectivity index (χ3n) is 8.18. The Kier molecular flexibility index (Phi) is 9.41. The van der Waals surface area contributed by atoms with Crippen LogP contribution in [0.1, 0.15) is 41.5 Å². The largest absolute Gasteiger partial charge is 0.436 e. The number of ether oxygens (including phenoxy) is 2. The van der Waals surface area contributed by atoms with Gasteiger partial charge >= 0.3 is 5.69 Å².